The number of hydrogen-bond donors (Lipinski definition) is 2. The molecule has 0 heterocycles. The molecule has 2 N–H and O–H groups in total. The maximum Gasteiger partial charge on any atom is 0.407 e. The van der Waals surface area contributed by atoms with Gasteiger partial charge in [-0.05, 0) is 59.8 Å². The van der Waals surface area contributed by atoms with Crippen LogP contribution in [0.5, 0.6) is 0 Å². The van der Waals surface area contributed by atoms with Crippen LogP contribution < -0.4 is 10.6 Å². The minimum Gasteiger partial charge on any atom is -0.450 e. The molecule has 0 bridgehead atoms. The van der Waals surface area contributed by atoms with Gasteiger partial charge in [-0.25, -0.2) is 9.59 Å². The molecule has 0 spiro atoms. The van der Waals surface area contributed by atoms with E-state index in [4.69, 9.17) is 23.7 Å². The fourth-order valence-electron chi connectivity index (χ4n) is 7.81. The minimum atomic E-state index is -0.503. The van der Waals surface area contributed by atoms with Crippen molar-refractivity contribution in [1.29, 1.82) is 0 Å². The number of hydrogen-bond acceptors (Lipinski definition) is 7. The third-order valence-corrected chi connectivity index (χ3v) is 12.4. The normalized spacial score (nSPS) is 12.4. The summed E-state index contributed by atoms with van der Waals surface area (Å²) in [5, 5.41) is 5.73. The van der Waals surface area contributed by atoms with Crippen molar-refractivity contribution in [3.05, 3.63) is 0 Å². The molecular weight excluding hydrogens is 777 g/mol. The van der Waals surface area contributed by atoms with Gasteiger partial charge in [-0.2, -0.15) is 0 Å². The highest BCUT2D eigenvalue weighted by Gasteiger charge is 2.22. The van der Waals surface area contributed by atoms with E-state index in [9.17, 15) is 9.59 Å². The van der Waals surface area contributed by atoms with E-state index >= 15 is 0 Å². The van der Waals surface area contributed by atoms with E-state index in [1.54, 1.807) is 7.11 Å². The van der Waals surface area contributed by atoms with E-state index in [1.807, 2.05) is 0 Å². The van der Waals surface area contributed by atoms with Crippen LogP contribution in [0.3, 0.4) is 0 Å². The van der Waals surface area contributed by atoms with Crippen molar-refractivity contribution in [2.45, 2.75) is 284 Å². The van der Waals surface area contributed by atoms with E-state index in [0.29, 0.717) is 26.4 Å². The molecule has 9 heteroatoms. The molecule has 0 aromatic rings. The second-order valence-corrected chi connectivity index (χ2v) is 19.6. The number of carbonyl (C=O) groups is 2. The standard InChI is InChI=1S/C53H106N2O7/c1-8-10-12-14-16-18-20-22-24-26-28-30-32-34-36-38-44-59-47-49(48-61-50(56)54-43-40-41-53(5,6)62-46-42-52(3,4)58-7)55-51(57)60-45-39-37-35-33-31-29-27-25-23-21-19-17-15-13-11-9-2/h49H,8-48H2,1-7H3,(H,54,56)(H,55,57). The van der Waals surface area contributed by atoms with Gasteiger partial charge in [0.2, 0.25) is 0 Å². The maximum atomic E-state index is 12.7. The molecular formula is C53H106N2O7. The first-order chi connectivity index (χ1) is 30.0. The van der Waals surface area contributed by atoms with E-state index < -0.39 is 18.2 Å². The van der Waals surface area contributed by atoms with E-state index in [2.05, 4.69) is 52.2 Å². The summed E-state index contributed by atoms with van der Waals surface area (Å²) in [5.74, 6) is 0. The summed E-state index contributed by atoms with van der Waals surface area (Å²) in [7, 11) is 1.72. The topological polar surface area (TPSA) is 104 Å². The molecule has 2 amide bonds. The van der Waals surface area contributed by atoms with Crippen molar-refractivity contribution in [2.24, 2.45) is 0 Å². The number of ether oxygens (including phenoxy) is 5. The number of amides is 2. The highest BCUT2D eigenvalue weighted by atomic mass is 16.6. The number of carbonyl (C=O) groups excluding carboxylic acids is 2. The molecule has 0 aliphatic rings. The lowest BCUT2D eigenvalue weighted by atomic mass is 10.0. The second kappa shape index (κ2) is 44.6. The summed E-state index contributed by atoms with van der Waals surface area (Å²) in [5.41, 5.74) is -0.520. The van der Waals surface area contributed by atoms with Gasteiger partial charge < -0.3 is 34.3 Å². The predicted octanol–water partition coefficient (Wildman–Crippen LogP) is 15.7. The third-order valence-electron chi connectivity index (χ3n) is 12.4. The zero-order valence-electron chi connectivity index (χ0n) is 42.4. The Labute approximate surface area is 385 Å². The Bertz CT molecular complexity index is 962. The molecule has 62 heavy (non-hydrogen) atoms. The van der Waals surface area contributed by atoms with E-state index in [1.165, 1.54) is 180 Å². The van der Waals surface area contributed by atoms with Gasteiger partial charge in [-0.3, -0.25) is 0 Å². The number of nitrogens with one attached hydrogen (secondary N) is 2. The van der Waals surface area contributed by atoms with Gasteiger partial charge in [0.1, 0.15) is 6.61 Å². The van der Waals surface area contributed by atoms with Gasteiger partial charge in [-0.15, -0.1) is 0 Å². The Morgan fingerprint density at radius 3 is 1.26 bits per heavy atom. The summed E-state index contributed by atoms with van der Waals surface area (Å²) < 4.78 is 28.6. The second-order valence-electron chi connectivity index (χ2n) is 19.6. The van der Waals surface area contributed by atoms with Crippen molar-refractivity contribution < 1.29 is 33.3 Å². The molecule has 9 nitrogen and oxygen atoms in total. The number of methoxy groups -OCH3 is 1. The van der Waals surface area contributed by atoms with Crippen LogP contribution in [0.25, 0.3) is 0 Å². The Balaban J connectivity index is 4.34. The average molecular weight is 883 g/mol. The quantitative estimate of drug-likeness (QED) is 0.0587. The molecule has 0 radical (unpaired) electrons. The molecule has 0 rings (SSSR count). The Morgan fingerprint density at radius 1 is 0.435 bits per heavy atom. The van der Waals surface area contributed by atoms with E-state index in [-0.39, 0.29) is 24.4 Å². The number of rotatable bonds is 48. The summed E-state index contributed by atoms with van der Waals surface area (Å²) in [6.45, 7) is 15.2. The van der Waals surface area contributed by atoms with Crippen LogP contribution in [0, 0.1) is 0 Å². The molecule has 0 aliphatic carbocycles. The Hall–Kier alpha value is -1.58. The molecule has 0 saturated carbocycles. The first-order valence-electron chi connectivity index (χ1n) is 26.7. The molecule has 0 fully saturated rings. The molecule has 1 atom stereocenters. The van der Waals surface area contributed by atoms with Gasteiger partial charge in [0.05, 0.1) is 37.1 Å². The molecule has 0 aromatic carbocycles. The minimum absolute atomic E-state index is 0.0167. The fraction of sp³-hybridized carbons (Fsp3) is 0.962. The van der Waals surface area contributed by atoms with Gasteiger partial charge in [-0.1, -0.05) is 206 Å². The summed E-state index contributed by atoms with van der Waals surface area (Å²) in [4.78, 5) is 25.3. The molecule has 0 aliphatic heterocycles. The Morgan fingerprint density at radius 2 is 0.839 bits per heavy atom. The van der Waals surface area contributed by atoms with Crippen molar-refractivity contribution in [1.82, 2.24) is 10.6 Å². The zero-order chi connectivity index (χ0) is 45.7. The highest BCUT2D eigenvalue weighted by molar-refractivity contribution is 5.68. The lowest BCUT2D eigenvalue weighted by molar-refractivity contribution is -0.0616. The first-order valence-corrected chi connectivity index (χ1v) is 26.7. The van der Waals surface area contributed by atoms with Crippen molar-refractivity contribution in [3.8, 4) is 0 Å². The number of unbranched alkanes of at least 4 members (excludes halogenated alkanes) is 30. The monoisotopic (exact) mass is 883 g/mol. The summed E-state index contributed by atoms with van der Waals surface area (Å²) in [6, 6.07) is -0.483. The SMILES string of the molecule is CCCCCCCCCCCCCCCCCCOCC(COC(=O)NCCCC(C)(C)OCCC(C)(C)OC)NC(=O)OCCCCCCCCCCCCCCCCCC. The van der Waals surface area contributed by atoms with Crippen LogP contribution in [0.15, 0.2) is 0 Å². The van der Waals surface area contributed by atoms with Crippen molar-refractivity contribution >= 4 is 12.2 Å². The third kappa shape index (κ3) is 45.0. The Kier molecular flexibility index (Phi) is 43.5. The van der Waals surface area contributed by atoms with Crippen LogP contribution >= 0.6 is 0 Å². The molecule has 370 valence electrons. The van der Waals surface area contributed by atoms with Gasteiger partial charge in [0.15, 0.2) is 0 Å². The summed E-state index contributed by atoms with van der Waals surface area (Å²) in [6.07, 6.45) is 43.6. The summed E-state index contributed by atoms with van der Waals surface area (Å²) >= 11 is 0. The largest absolute Gasteiger partial charge is 0.450 e. The van der Waals surface area contributed by atoms with Crippen molar-refractivity contribution in [2.75, 3.05) is 46.7 Å². The van der Waals surface area contributed by atoms with Crippen molar-refractivity contribution in [3.63, 3.8) is 0 Å². The fourth-order valence-corrected chi connectivity index (χ4v) is 7.81. The molecule has 0 aromatic heterocycles. The number of alkyl carbamates (subject to hydrolysis) is 2. The van der Waals surface area contributed by atoms with Crippen LogP contribution in [0.2, 0.25) is 0 Å². The smallest absolute Gasteiger partial charge is 0.407 e. The van der Waals surface area contributed by atoms with Gasteiger partial charge in [0, 0.05) is 20.3 Å². The van der Waals surface area contributed by atoms with E-state index in [0.717, 1.165) is 44.9 Å². The molecule has 1 unspecified atom stereocenters. The average Bonchev–Trinajstić information content (AvgIpc) is 3.24. The van der Waals surface area contributed by atoms with Crippen LogP contribution in [0.4, 0.5) is 9.59 Å². The van der Waals surface area contributed by atoms with Crippen LogP contribution in [-0.4, -0.2) is 76.1 Å². The maximum absolute atomic E-state index is 12.7. The van der Waals surface area contributed by atoms with Gasteiger partial charge in [0.25, 0.3) is 0 Å². The van der Waals surface area contributed by atoms with Gasteiger partial charge >= 0.3 is 12.2 Å². The predicted molar refractivity (Wildman–Crippen MR) is 263 cm³/mol. The lowest BCUT2D eigenvalue weighted by Gasteiger charge is -2.29. The highest BCUT2D eigenvalue weighted by Crippen LogP contribution is 2.20. The molecule has 0 saturated heterocycles. The first kappa shape index (κ1) is 60.4. The van der Waals surface area contributed by atoms with Crippen LogP contribution in [0.1, 0.15) is 266 Å². The van der Waals surface area contributed by atoms with Crippen LogP contribution in [-0.2, 0) is 23.7 Å². The zero-order valence-corrected chi connectivity index (χ0v) is 42.4. The lowest BCUT2D eigenvalue weighted by Crippen LogP contribution is -2.43.